The minimum atomic E-state index is -0.515. The van der Waals surface area contributed by atoms with E-state index in [-0.39, 0.29) is 22.3 Å². The van der Waals surface area contributed by atoms with E-state index in [0.717, 1.165) is 5.56 Å². The van der Waals surface area contributed by atoms with E-state index in [1.807, 2.05) is 0 Å². The van der Waals surface area contributed by atoms with Gasteiger partial charge < -0.3 is 5.32 Å². The van der Waals surface area contributed by atoms with Gasteiger partial charge in [-0.25, -0.2) is 4.39 Å². The molecular weight excluding hydrogens is 357 g/mol. The van der Waals surface area contributed by atoms with Crippen molar-refractivity contribution in [1.29, 1.82) is 0 Å². The predicted molar refractivity (Wildman–Crippen MR) is 102 cm³/mol. The van der Waals surface area contributed by atoms with Gasteiger partial charge in [0.15, 0.2) is 5.11 Å². The molecule has 1 amide bonds. The predicted octanol–water partition coefficient (Wildman–Crippen LogP) is 3.88. The van der Waals surface area contributed by atoms with Gasteiger partial charge in [-0.3, -0.25) is 20.2 Å². The van der Waals surface area contributed by atoms with Gasteiger partial charge in [0.05, 0.1) is 4.92 Å². The molecule has 8 heteroatoms. The Kier molecular flexibility index (Phi) is 6.13. The molecule has 0 atom stereocenters. The number of hydrogen-bond acceptors (Lipinski definition) is 4. The van der Waals surface area contributed by atoms with Crippen LogP contribution in [0.4, 0.5) is 15.8 Å². The third-order valence-electron chi connectivity index (χ3n) is 3.43. The van der Waals surface area contributed by atoms with E-state index in [0.29, 0.717) is 11.1 Å². The summed E-state index contributed by atoms with van der Waals surface area (Å²) >= 11 is 5.05. The van der Waals surface area contributed by atoms with E-state index in [4.69, 9.17) is 12.2 Å². The first kappa shape index (κ1) is 19.2. The number of nitro groups is 1. The minimum absolute atomic E-state index is 0.0613. The lowest BCUT2D eigenvalue weighted by Gasteiger charge is -2.12. The number of rotatable bonds is 4. The van der Waals surface area contributed by atoms with Crippen LogP contribution in [0.25, 0.3) is 6.08 Å². The van der Waals surface area contributed by atoms with Crippen LogP contribution in [0.2, 0.25) is 0 Å². The maximum absolute atomic E-state index is 12.8. The third kappa shape index (κ3) is 5.18. The van der Waals surface area contributed by atoms with Gasteiger partial charge in [-0.15, -0.1) is 0 Å². The number of thiocarbonyl (C=S) groups is 1. The smallest absolute Gasteiger partial charge is 0.293 e. The number of carbonyl (C=O) groups excluding carboxylic acids is 1. The lowest BCUT2D eigenvalue weighted by molar-refractivity contribution is -0.384. The lowest BCUT2D eigenvalue weighted by atomic mass is 10.1. The third-order valence-corrected chi connectivity index (χ3v) is 3.63. The summed E-state index contributed by atoms with van der Waals surface area (Å²) in [5.74, 6) is -0.883. The van der Waals surface area contributed by atoms with Crippen molar-refractivity contribution in [2.24, 2.45) is 0 Å². The van der Waals surface area contributed by atoms with Gasteiger partial charge in [0.25, 0.3) is 5.69 Å². The van der Waals surface area contributed by atoms with Crippen LogP contribution < -0.4 is 10.6 Å². The molecule has 0 spiro atoms. The second kappa shape index (κ2) is 8.30. The molecule has 2 N–H and O–H groups in total. The Morgan fingerprint density at radius 2 is 1.88 bits per heavy atom. The van der Waals surface area contributed by atoms with E-state index >= 15 is 0 Å². The van der Waals surface area contributed by atoms with Gasteiger partial charge in [0.2, 0.25) is 5.91 Å². The Balaban J connectivity index is 2.06. The zero-order chi connectivity index (χ0) is 19.3. The number of anilines is 1. The van der Waals surface area contributed by atoms with Crippen LogP contribution in [0.3, 0.4) is 0 Å². The Morgan fingerprint density at radius 1 is 1.23 bits per heavy atom. The molecule has 0 radical (unpaired) electrons. The van der Waals surface area contributed by atoms with Gasteiger partial charge in [-0.2, -0.15) is 0 Å². The first-order valence-electron chi connectivity index (χ1n) is 7.57. The van der Waals surface area contributed by atoms with Gasteiger partial charge in [0.1, 0.15) is 11.5 Å². The highest BCUT2D eigenvalue weighted by Crippen LogP contribution is 2.29. The summed E-state index contributed by atoms with van der Waals surface area (Å²) in [6.45, 7) is 3.46. The molecule has 0 aliphatic heterocycles. The zero-order valence-electron chi connectivity index (χ0n) is 14.1. The summed E-state index contributed by atoms with van der Waals surface area (Å²) < 4.78 is 12.8. The number of nitrogens with one attached hydrogen (secondary N) is 2. The summed E-state index contributed by atoms with van der Waals surface area (Å²) in [4.78, 5) is 22.6. The van der Waals surface area contributed by atoms with E-state index in [1.54, 1.807) is 19.9 Å². The molecule has 0 aromatic heterocycles. The van der Waals surface area contributed by atoms with E-state index < -0.39 is 10.8 Å². The maximum atomic E-state index is 12.8. The molecule has 0 aliphatic rings. The molecule has 0 unspecified atom stereocenters. The van der Waals surface area contributed by atoms with Crippen LogP contribution in [0.15, 0.2) is 42.5 Å². The average Bonchev–Trinajstić information content (AvgIpc) is 2.56. The van der Waals surface area contributed by atoms with Crippen molar-refractivity contribution in [2.75, 3.05) is 5.32 Å². The normalized spacial score (nSPS) is 10.6. The fraction of sp³-hybridized carbons (Fsp3) is 0.111. The second-order valence-electron chi connectivity index (χ2n) is 5.56. The number of hydrogen-bond donors (Lipinski definition) is 2. The van der Waals surface area contributed by atoms with Crippen molar-refractivity contribution in [2.45, 2.75) is 13.8 Å². The average molecular weight is 373 g/mol. The summed E-state index contributed by atoms with van der Waals surface area (Å²) in [7, 11) is 0. The summed E-state index contributed by atoms with van der Waals surface area (Å²) in [5.41, 5.74) is 2.13. The van der Waals surface area contributed by atoms with Crippen LogP contribution in [-0.2, 0) is 4.79 Å². The number of benzene rings is 2. The Morgan fingerprint density at radius 3 is 2.50 bits per heavy atom. The monoisotopic (exact) mass is 373 g/mol. The molecule has 0 saturated heterocycles. The van der Waals surface area contributed by atoms with Crippen molar-refractivity contribution in [3.05, 3.63) is 75.1 Å². The Labute approximate surface area is 154 Å². The molecule has 0 saturated carbocycles. The van der Waals surface area contributed by atoms with E-state index in [9.17, 15) is 19.3 Å². The number of halogens is 1. The minimum Gasteiger partial charge on any atom is -0.327 e. The fourth-order valence-corrected chi connectivity index (χ4v) is 2.50. The standard InChI is InChI=1S/C18H16FN3O3S/c1-11-9-12(2)17(15(10-11)22(24)25)21-18(26)20-16(23)8-5-13-3-6-14(19)7-4-13/h3-10H,1-2H3,(H2,20,21,23,26)/b8-5-. The SMILES string of the molecule is Cc1cc(C)c(NC(=S)NC(=O)/C=C\c2ccc(F)cc2)c([N+](=O)[O-])c1. The molecule has 0 aliphatic carbocycles. The molecule has 0 fully saturated rings. The second-order valence-corrected chi connectivity index (χ2v) is 5.97. The molecule has 0 bridgehead atoms. The topological polar surface area (TPSA) is 84.3 Å². The van der Waals surface area contributed by atoms with E-state index in [1.165, 1.54) is 42.5 Å². The highest BCUT2D eigenvalue weighted by molar-refractivity contribution is 7.80. The highest BCUT2D eigenvalue weighted by atomic mass is 32.1. The largest absolute Gasteiger partial charge is 0.327 e. The van der Waals surface area contributed by atoms with Crippen molar-refractivity contribution in [3.63, 3.8) is 0 Å². The van der Waals surface area contributed by atoms with Crippen molar-refractivity contribution in [1.82, 2.24) is 5.32 Å². The van der Waals surface area contributed by atoms with Gasteiger partial charge in [-0.1, -0.05) is 18.2 Å². The number of nitrogens with zero attached hydrogens (tertiary/aromatic N) is 1. The molecule has 2 rings (SSSR count). The van der Waals surface area contributed by atoms with E-state index in [2.05, 4.69) is 10.6 Å². The van der Waals surface area contributed by atoms with Crippen LogP contribution in [0.1, 0.15) is 16.7 Å². The van der Waals surface area contributed by atoms with Crippen LogP contribution >= 0.6 is 12.2 Å². The molecule has 2 aromatic rings. The number of nitro benzene ring substituents is 1. The summed E-state index contributed by atoms with van der Waals surface area (Å²) in [6, 6.07) is 8.80. The lowest BCUT2D eigenvalue weighted by Crippen LogP contribution is -2.33. The first-order chi connectivity index (χ1) is 12.3. The maximum Gasteiger partial charge on any atom is 0.293 e. The summed E-state index contributed by atoms with van der Waals surface area (Å²) in [6.07, 6.45) is 2.73. The number of aryl methyl sites for hydroxylation is 2. The molecular formula is C18H16FN3O3S. The molecule has 6 nitrogen and oxygen atoms in total. The van der Waals surface area contributed by atoms with Crippen LogP contribution in [0, 0.1) is 29.8 Å². The molecule has 134 valence electrons. The van der Waals surface area contributed by atoms with Crippen molar-refractivity contribution < 1.29 is 14.1 Å². The van der Waals surface area contributed by atoms with Crippen molar-refractivity contribution >= 4 is 40.7 Å². The van der Waals surface area contributed by atoms with Gasteiger partial charge in [0, 0.05) is 12.1 Å². The Bertz CT molecular complexity index is 895. The quantitative estimate of drug-likeness (QED) is 0.368. The number of amides is 1. The van der Waals surface area contributed by atoms with Crippen molar-refractivity contribution in [3.8, 4) is 0 Å². The van der Waals surface area contributed by atoms with Gasteiger partial charge >= 0.3 is 0 Å². The van der Waals surface area contributed by atoms with Gasteiger partial charge in [-0.05, 0) is 61.0 Å². The van der Waals surface area contributed by atoms with Crippen LogP contribution in [-0.4, -0.2) is 15.9 Å². The Hall–Kier alpha value is -3.13. The first-order valence-corrected chi connectivity index (χ1v) is 7.98. The molecule has 26 heavy (non-hydrogen) atoms. The molecule has 0 heterocycles. The zero-order valence-corrected chi connectivity index (χ0v) is 14.9. The number of carbonyl (C=O) groups is 1. The van der Waals surface area contributed by atoms with Crippen LogP contribution in [0.5, 0.6) is 0 Å². The highest BCUT2D eigenvalue weighted by Gasteiger charge is 2.18. The molecule has 2 aromatic carbocycles. The summed E-state index contributed by atoms with van der Waals surface area (Å²) in [5, 5.41) is 16.3. The fourth-order valence-electron chi connectivity index (χ4n) is 2.30.